The topological polar surface area (TPSA) is 94.1 Å². The first-order valence-corrected chi connectivity index (χ1v) is 9.26. The van der Waals surface area contributed by atoms with Crippen LogP contribution in [0.3, 0.4) is 0 Å². The second-order valence-electron chi connectivity index (χ2n) is 7.07. The summed E-state index contributed by atoms with van der Waals surface area (Å²) in [4.78, 5) is 24.2. The number of rotatable bonds is 8. The van der Waals surface area contributed by atoms with Crippen molar-refractivity contribution in [1.82, 2.24) is 5.32 Å². The van der Waals surface area contributed by atoms with Crippen LogP contribution < -0.4 is 14.8 Å². The monoisotopic (exact) mass is 399 g/mol. The minimum atomic E-state index is -1.01. The Balaban J connectivity index is 2.13. The lowest BCUT2D eigenvalue weighted by atomic mass is 9.80. The molecule has 150 valence electrons. The van der Waals surface area contributed by atoms with Gasteiger partial charge in [-0.2, -0.15) is 0 Å². The van der Waals surface area contributed by atoms with Gasteiger partial charge in [0.2, 0.25) is 0 Å². The Hall–Kier alpha value is -1.99. The smallest absolute Gasteiger partial charge is 0.311 e. The van der Waals surface area contributed by atoms with Gasteiger partial charge in [-0.05, 0) is 30.9 Å². The highest BCUT2D eigenvalue weighted by Crippen LogP contribution is 2.37. The summed E-state index contributed by atoms with van der Waals surface area (Å²) in [5.74, 6) is -0.305. The molecule has 1 saturated heterocycles. The molecule has 7 nitrogen and oxygen atoms in total. The van der Waals surface area contributed by atoms with Crippen molar-refractivity contribution in [2.75, 3.05) is 33.5 Å². The zero-order valence-corrected chi connectivity index (χ0v) is 16.6. The number of methoxy groups -OCH3 is 1. The third-order valence-corrected chi connectivity index (χ3v) is 4.82. The molecule has 1 aromatic carbocycles. The second-order valence-corrected chi connectivity index (χ2v) is 7.48. The number of halogens is 1. The maximum atomic E-state index is 12.6. The summed E-state index contributed by atoms with van der Waals surface area (Å²) >= 11 is 6.27. The lowest BCUT2D eigenvalue weighted by molar-refractivity contribution is -0.154. The number of hydrogen-bond acceptors (Lipinski definition) is 5. The molecule has 1 aliphatic heterocycles. The number of carboxylic acid groups (broad SMARTS) is 1. The van der Waals surface area contributed by atoms with Crippen LogP contribution in [0.4, 0.5) is 0 Å². The zero-order chi connectivity index (χ0) is 20.0. The minimum Gasteiger partial charge on any atom is -0.493 e. The Morgan fingerprint density at radius 2 is 2.00 bits per heavy atom. The van der Waals surface area contributed by atoms with Crippen molar-refractivity contribution >= 4 is 23.5 Å². The third kappa shape index (κ3) is 5.26. The van der Waals surface area contributed by atoms with Crippen LogP contribution >= 0.6 is 11.6 Å². The quantitative estimate of drug-likeness (QED) is 0.697. The summed E-state index contributed by atoms with van der Waals surface area (Å²) in [6.45, 7) is 5.24. The lowest BCUT2D eigenvalue weighted by Crippen LogP contribution is -2.46. The molecule has 1 heterocycles. The van der Waals surface area contributed by atoms with Crippen LogP contribution in [0.2, 0.25) is 5.02 Å². The number of amides is 1. The van der Waals surface area contributed by atoms with E-state index in [1.807, 2.05) is 13.8 Å². The molecule has 0 saturated carbocycles. The largest absolute Gasteiger partial charge is 0.493 e. The Morgan fingerprint density at radius 1 is 1.33 bits per heavy atom. The van der Waals surface area contributed by atoms with Crippen molar-refractivity contribution in [3.05, 3.63) is 22.7 Å². The van der Waals surface area contributed by atoms with Crippen molar-refractivity contribution in [1.29, 1.82) is 0 Å². The number of nitrogens with one attached hydrogen (secondary N) is 1. The first-order chi connectivity index (χ1) is 12.8. The average molecular weight is 400 g/mol. The molecule has 1 aliphatic rings. The summed E-state index contributed by atoms with van der Waals surface area (Å²) < 4.78 is 16.2. The summed E-state index contributed by atoms with van der Waals surface area (Å²) in [6, 6.07) is 3.03. The van der Waals surface area contributed by atoms with Gasteiger partial charge in [0.15, 0.2) is 11.5 Å². The van der Waals surface area contributed by atoms with Crippen LogP contribution in [0.1, 0.15) is 37.0 Å². The highest BCUT2D eigenvalue weighted by Gasteiger charge is 2.40. The fourth-order valence-electron chi connectivity index (χ4n) is 2.82. The first-order valence-electron chi connectivity index (χ1n) is 8.89. The Bertz CT molecular complexity index is 685. The van der Waals surface area contributed by atoms with Gasteiger partial charge in [0, 0.05) is 25.3 Å². The molecule has 27 heavy (non-hydrogen) atoms. The number of ether oxygens (including phenoxy) is 3. The van der Waals surface area contributed by atoms with E-state index in [0.717, 1.165) is 0 Å². The first kappa shape index (κ1) is 21.3. The molecule has 0 spiro atoms. The summed E-state index contributed by atoms with van der Waals surface area (Å²) in [5.41, 5.74) is -0.733. The van der Waals surface area contributed by atoms with Gasteiger partial charge in [-0.3, -0.25) is 9.59 Å². The van der Waals surface area contributed by atoms with Gasteiger partial charge >= 0.3 is 5.97 Å². The molecule has 8 heteroatoms. The number of carbonyl (C=O) groups is 2. The fourth-order valence-corrected chi connectivity index (χ4v) is 3.09. The second kappa shape index (κ2) is 9.28. The van der Waals surface area contributed by atoms with Gasteiger partial charge in [-0.25, -0.2) is 0 Å². The summed E-state index contributed by atoms with van der Waals surface area (Å²) in [5, 5.41) is 12.5. The SMILES string of the molecule is COc1cc(C(=O)NCC2(C(=O)O)CCOCC2)cc(Cl)c1OCC(C)C. The number of hydrogen-bond donors (Lipinski definition) is 2. The van der Waals surface area contributed by atoms with Gasteiger partial charge in [0.25, 0.3) is 5.91 Å². The number of carboxylic acids is 1. The summed E-state index contributed by atoms with van der Waals surface area (Å²) in [6.07, 6.45) is 0.712. The van der Waals surface area contributed by atoms with E-state index in [0.29, 0.717) is 50.1 Å². The van der Waals surface area contributed by atoms with Crippen LogP contribution in [0.25, 0.3) is 0 Å². The van der Waals surface area contributed by atoms with Gasteiger partial charge in [-0.15, -0.1) is 0 Å². The fraction of sp³-hybridized carbons (Fsp3) is 0.579. The average Bonchev–Trinajstić information content (AvgIpc) is 2.64. The number of aliphatic carboxylic acids is 1. The molecule has 0 aliphatic carbocycles. The maximum absolute atomic E-state index is 12.6. The molecule has 0 bridgehead atoms. The molecule has 2 N–H and O–H groups in total. The molecule has 2 rings (SSSR count). The highest BCUT2D eigenvalue weighted by atomic mass is 35.5. The van der Waals surface area contributed by atoms with Gasteiger partial charge < -0.3 is 24.6 Å². The lowest BCUT2D eigenvalue weighted by Gasteiger charge is -2.33. The van der Waals surface area contributed by atoms with E-state index >= 15 is 0 Å². The molecular weight excluding hydrogens is 374 g/mol. The Labute approximate surface area is 163 Å². The summed E-state index contributed by atoms with van der Waals surface area (Å²) in [7, 11) is 1.47. The molecule has 0 atom stereocenters. The van der Waals surface area contributed by atoms with Crippen LogP contribution in [0, 0.1) is 11.3 Å². The Morgan fingerprint density at radius 3 is 2.56 bits per heavy atom. The van der Waals surface area contributed by atoms with E-state index in [9.17, 15) is 14.7 Å². The molecule has 1 fully saturated rings. The minimum absolute atomic E-state index is 0.0239. The van der Waals surface area contributed by atoms with E-state index in [4.69, 9.17) is 25.8 Å². The van der Waals surface area contributed by atoms with Crippen molar-refractivity contribution in [2.24, 2.45) is 11.3 Å². The van der Waals surface area contributed by atoms with Crippen LogP contribution in [-0.2, 0) is 9.53 Å². The van der Waals surface area contributed by atoms with Crippen molar-refractivity contribution < 1.29 is 28.9 Å². The van der Waals surface area contributed by atoms with E-state index in [1.54, 1.807) is 0 Å². The molecule has 1 aromatic rings. The number of benzene rings is 1. The normalized spacial score (nSPS) is 16.0. The van der Waals surface area contributed by atoms with Crippen LogP contribution in [0.15, 0.2) is 12.1 Å². The van der Waals surface area contributed by atoms with Gasteiger partial charge in [0.1, 0.15) is 0 Å². The predicted molar refractivity (Wildman–Crippen MR) is 101 cm³/mol. The van der Waals surface area contributed by atoms with E-state index < -0.39 is 17.3 Å². The van der Waals surface area contributed by atoms with Crippen LogP contribution in [-0.4, -0.2) is 50.5 Å². The predicted octanol–water partition coefficient (Wildman–Crippen LogP) is 2.99. The van der Waals surface area contributed by atoms with Crippen molar-refractivity contribution in [2.45, 2.75) is 26.7 Å². The van der Waals surface area contributed by atoms with E-state index in [-0.39, 0.29) is 17.1 Å². The third-order valence-electron chi connectivity index (χ3n) is 4.54. The molecule has 1 amide bonds. The maximum Gasteiger partial charge on any atom is 0.311 e. The number of carbonyl (C=O) groups excluding carboxylic acids is 1. The standard InChI is InChI=1S/C19H26ClNO6/c1-12(2)10-27-16-14(20)8-13(9-15(16)25-3)17(22)21-11-19(18(23)24)4-6-26-7-5-19/h8-9,12H,4-7,10-11H2,1-3H3,(H,21,22)(H,23,24). The van der Waals surface area contributed by atoms with Crippen molar-refractivity contribution in [3.63, 3.8) is 0 Å². The van der Waals surface area contributed by atoms with Gasteiger partial charge in [0.05, 0.1) is 24.2 Å². The van der Waals surface area contributed by atoms with Crippen molar-refractivity contribution in [3.8, 4) is 11.5 Å². The zero-order valence-electron chi connectivity index (χ0n) is 15.8. The molecule has 0 radical (unpaired) electrons. The molecular formula is C19H26ClNO6. The van der Waals surface area contributed by atoms with E-state index in [2.05, 4.69) is 5.32 Å². The van der Waals surface area contributed by atoms with Gasteiger partial charge in [-0.1, -0.05) is 25.4 Å². The highest BCUT2D eigenvalue weighted by molar-refractivity contribution is 6.32. The Kier molecular flexibility index (Phi) is 7.33. The van der Waals surface area contributed by atoms with E-state index in [1.165, 1.54) is 19.2 Å². The molecule has 0 unspecified atom stereocenters. The molecule has 0 aromatic heterocycles. The van der Waals surface area contributed by atoms with Crippen LogP contribution in [0.5, 0.6) is 11.5 Å².